The number of urea groups is 1. The summed E-state index contributed by atoms with van der Waals surface area (Å²) in [5.41, 5.74) is 4.68. The lowest BCUT2D eigenvalue weighted by molar-refractivity contribution is -0.120. The van der Waals surface area contributed by atoms with E-state index in [1.54, 1.807) is 73.8 Å². The van der Waals surface area contributed by atoms with Gasteiger partial charge in [-0.2, -0.15) is 5.10 Å². The van der Waals surface area contributed by atoms with Gasteiger partial charge in [0.25, 0.3) is 5.91 Å². The fourth-order valence-corrected chi connectivity index (χ4v) is 3.76. The number of halogens is 1. The number of fused-ring (bicyclic) bond motifs is 1. The minimum absolute atomic E-state index is 0.182. The SMILES string of the molecule is COc1cccc(NC(=S)N2C(=O)COc3cc(NC(=O)N/N=C/c4cccc(Cl)c4)ccc32)c1. The van der Waals surface area contributed by atoms with Crippen LogP contribution < -0.4 is 30.4 Å². The molecule has 0 aliphatic carbocycles. The van der Waals surface area contributed by atoms with Gasteiger partial charge in [-0.3, -0.25) is 9.69 Å². The van der Waals surface area contributed by atoms with Crippen molar-refractivity contribution in [3.63, 3.8) is 0 Å². The molecular formula is C24H20ClN5O4S. The van der Waals surface area contributed by atoms with Crippen molar-refractivity contribution >= 4 is 64.1 Å². The van der Waals surface area contributed by atoms with E-state index in [-0.39, 0.29) is 17.6 Å². The summed E-state index contributed by atoms with van der Waals surface area (Å²) >= 11 is 11.4. The van der Waals surface area contributed by atoms with Crippen LogP contribution in [0.3, 0.4) is 0 Å². The van der Waals surface area contributed by atoms with Crippen molar-refractivity contribution in [3.8, 4) is 11.5 Å². The number of carbonyl (C=O) groups excluding carboxylic acids is 2. The van der Waals surface area contributed by atoms with Crippen molar-refractivity contribution in [3.05, 3.63) is 77.3 Å². The molecule has 11 heteroatoms. The highest BCUT2D eigenvalue weighted by Gasteiger charge is 2.29. The van der Waals surface area contributed by atoms with E-state index in [0.29, 0.717) is 33.6 Å². The number of ether oxygens (including phenoxy) is 2. The highest BCUT2D eigenvalue weighted by Crippen LogP contribution is 2.35. The molecule has 0 fully saturated rings. The van der Waals surface area contributed by atoms with Crippen molar-refractivity contribution in [1.29, 1.82) is 0 Å². The highest BCUT2D eigenvalue weighted by atomic mass is 35.5. The molecule has 0 unspecified atom stereocenters. The first kappa shape index (κ1) is 24.0. The number of hydrogen-bond acceptors (Lipinski definition) is 6. The van der Waals surface area contributed by atoms with Gasteiger partial charge in [0.2, 0.25) is 0 Å². The summed E-state index contributed by atoms with van der Waals surface area (Å²) in [4.78, 5) is 26.1. The third kappa shape index (κ3) is 6.05. The van der Waals surface area contributed by atoms with Crippen LogP contribution in [0.2, 0.25) is 5.02 Å². The second kappa shape index (κ2) is 10.9. The summed E-state index contributed by atoms with van der Waals surface area (Å²) in [7, 11) is 1.57. The number of benzene rings is 3. The molecule has 3 aromatic rings. The first-order valence-electron chi connectivity index (χ1n) is 10.3. The summed E-state index contributed by atoms with van der Waals surface area (Å²) in [5.74, 6) is 0.712. The monoisotopic (exact) mass is 509 g/mol. The molecule has 3 amide bonds. The van der Waals surface area contributed by atoms with E-state index in [1.807, 2.05) is 0 Å². The maximum Gasteiger partial charge on any atom is 0.339 e. The van der Waals surface area contributed by atoms with Crippen molar-refractivity contribution in [1.82, 2.24) is 5.43 Å². The molecule has 9 nitrogen and oxygen atoms in total. The predicted molar refractivity (Wildman–Crippen MR) is 140 cm³/mol. The van der Waals surface area contributed by atoms with E-state index in [9.17, 15) is 9.59 Å². The molecule has 0 aromatic heterocycles. The van der Waals surface area contributed by atoms with Crippen LogP contribution in [0.4, 0.5) is 21.9 Å². The van der Waals surface area contributed by atoms with Gasteiger partial charge in [0.05, 0.1) is 19.0 Å². The molecule has 0 bridgehead atoms. The largest absolute Gasteiger partial charge is 0.497 e. The number of thiocarbonyl (C=S) groups is 1. The first-order valence-corrected chi connectivity index (χ1v) is 11.1. The van der Waals surface area contributed by atoms with Crippen molar-refractivity contribution in [2.24, 2.45) is 5.10 Å². The van der Waals surface area contributed by atoms with E-state index in [2.05, 4.69) is 21.2 Å². The number of methoxy groups -OCH3 is 1. The molecule has 1 aliphatic heterocycles. The number of carbonyl (C=O) groups is 2. The van der Waals surface area contributed by atoms with Crippen molar-refractivity contribution < 1.29 is 19.1 Å². The molecule has 178 valence electrons. The molecule has 3 N–H and O–H groups in total. The average molecular weight is 510 g/mol. The molecule has 35 heavy (non-hydrogen) atoms. The lowest BCUT2D eigenvalue weighted by Crippen LogP contribution is -2.45. The molecule has 4 rings (SSSR count). The molecule has 0 saturated heterocycles. The number of hydrogen-bond donors (Lipinski definition) is 3. The summed E-state index contributed by atoms with van der Waals surface area (Å²) in [5, 5.41) is 10.4. The molecule has 3 aromatic carbocycles. The zero-order valence-corrected chi connectivity index (χ0v) is 20.0. The smallest absolute Gasteiger partial charge is 0.339 e. The lowest BCUT2D eigenvalue weighted by Gasteiger charge is -2.30. The van der Waals surface area contributed by atoms with Crippen LogP contribution in [-0.2, 0) is 4.79 Å². The number of amides is 3. The van der Waals surface area contributed by atoms with Crippen LogP contribution in [-0.4, -0.2) is 37.0 Å². The van der Waals surface area contributed by atoms with Crippen LogP contribution in [0.5, 0.6) is 11.5 Å². The average Bonchev–Trinajstić information content (AvgIpc) is 2.84. The maximum absolute atomic E-state index is 12.6. The van der Waals surface area contributed by atoms with E-state index in [4.69, 9.17) is 33.3 Å². The van der Waals surface area contributed by atoms with Crippen LogP contribution in [0.25, 0.3) is 0 Å². The minimum atomic E-state index is -0.554. The normalized spacial score (nSPS) is 12.5. The number of hydrazone groups is 1. The first-order chi connectivity index (χ1) is 16.9. The second-order valence-electron chi connectivity index (χ2n) is 7.24. The minimum Gasteiger partial charge on any atom is -0.497 e. The summed E-state index contributed by atoms with van der Waals surface area (Å²) in [6.45, 7) is -0.202. The van der Waals surface area contributed by atoms with Gasteiger partial charge in [-0.05, 0) is 54.2 Å². The van der Waals surface area contributed by atoms with Gasteiger partial charge in [0, 0.05) is 28.5 Å². The quantitative estimate of drug-likeness (QED) is 0.263. The topological polar surface area (TPSA) is 104 Å². The Morgan fingerprint density at radius 1 is 1.11 bits per heavy atom. The van der Waals surface area contributed by atoms with E-state index < -0.39 is 6.03 Å². The highest BCUT2D eigenvalue weighted by molar-refractivity contribution is 7.80. The van der Waals surface area contributed by atoms with E-state index >= 15 is 0 Å². The molecule has 1 aliphatic rings. The predicted octanol–water partition coefficient (Wildman–Crippen LogP) is 4.63. The third-order valence-electron chi connectivity index (χ3n) is 4.81. The number of rotatable bonds is 5. The lowest BCUT2D eigenvalue weighted by atomic mass is 10.2. The molecule has 0 saturated carbocycles. The summed E-state index contributed by atoms with van der Waals surface area (Å²) < 4.78 is 10.8. The zero-order chi connectivity index (χ0) is 24.8. The Morgan fingerprint density at radius 2 is 1.91 bits per heavy atom. The van der Waals surface area contributed by atoms with Crippen LogP contribution in [0.1, 0.15) is 5.56 Å². The Bertz CT molecular complexity index is 1320. The van der Waals surface area contributed by atoms with Gasteiger partial charge >= 0.3 is 6.03 Å². The van der Waals surface area contributed by atoms with Gasteiger partial charge in [0.15, 0.2) is 11.7 Å². The summed E-state index contributed by atoms with van der Waals surface area (Å²) in [6, 6.07) is 18.5. The second-order valence-corrected chi connectivity index (χ2v) is 8.06. The molecule has 0 radical (unpaired) electrons. The Labute approximate surface area is 211 Å². The van der Waals surface area contributed by atoms with Crippen LogP contribution in [0.15, 0.2) is 71.8 Å². The van der Waals surface area contributed by atoms with E-state index in [1.165, 1.54) is 11.1 Å². The van der Waals surface area contributed by atoms with Crippen LogP contribution in [0, 0.1) is 0 Å². The maximum atomic E-state index is 12.6. The van der Waals surface area contributed by atoms with E-state index in [0.717, 1.165) is 5.56 Å². The van der Waals surface area contributed by atoms with Crippen molar-refractivity contribution in [2.45, 2.75) is 0 Å². The fourth-order valence-electron chi connectivity index (χ4n) is 3.24. The van der Waals surface area contributed by atoms with Crippen LogP contribution >= 0.6 is 23.8 Å². The Kier molecular flexibility index (Phi) is 7.44. The molecule has 0 spiro atoms. The summed E-state index contributed by atoms with van der Waals surface area (Å²) in [6.07, 6.45) is 1.47. The molecule has 0 atom stereocenters. The van der Waals surface area contributed by atoms with Gasteiger partial charge in [0.1, 0.15) is 11.5 Å². The van der Waals surface area contributed by atoms with Gasteiger partial charge < -0.3 is 20.1 Å². The Morgan fingerprint density at radius 3 is 2.71 bits per heavy atom. The fraction of sp³-hybridized carbons (Fsp3) is 0.0833. The number of nitrogens with one attached hydrogen (secondary N) is 3. The zero-order valence-electron chi connectivity index (χ0n) is 18.4. The van der Waals surface area contributed by atoms with Gasteiger partial charge in [-0.25, -0.2) is 10.2 Å². The third-order valence-corrected chi connectivity index (χ3v) is 5.33. The van der Waals surface area contributed by atoms with Gasteiger partial charge in [-0.1, -0.05) is 29.8 Å². The van der Waals surface area contributed by atoms with Crippen molar-refractivity contribution in [2.75, 3.05) is 29.3 Å². The van der Waals surface area contributed by atoms with Gasteiger partial charge in [-0.15, -0.1) is 0 Å². The molecular weight excluding hydrogens is 490 g/mol. The number of anilines is 3. The Hall–Kier alpha value is -4.15. The standard InChI is InChI=1S/C24H20ClN5O4S/c1-33-19-7-3-6-17(11-19)28-24(35)30-20-9-8-18(12-21(20)34-14-22(30)31)27-23(32)29-26-13-15-4-2-5-16(25)10-15/h2-13H,14H2,1H3,(H,28,35)(H2,27,29,32)/b26-13+. The molecule has 1 heterocycles. The number of nitrogens with zero attached hydrogens (tertiary/aromatic N) is 2. The Balaban J connectivity index is 1.43.